The Morgan fingerprint density at radius 1 is 1.06 bits per heavy atom. The molecule has 0 spiro atoms. The number of benzene rings is 1. The number of halogens is 1. The summed E-state index contributed by atoms with van der Waals surface area (Å²) in [4.78, 5) is 56.5. The van der Waals surface area contributed by atoms with Crippen LogP contribution < -0.4 is 15.6 Å². The summed E-state index contributed by atoms with van der Waals surface area (Å²) in [7, 11) is 1.73. The number of nitrogens with zero attached hydrogens (tertiary/aromatic N) is 6. The van der Waals surface area contributed by atoms with Crippen molar-refractivity contribution in [3.05, 3.63) is 52.1 Å². The van der Waals surface area contributed by atoms with Crippen LogP contribution in [0.4, 0.5) is 10.1 Å². The Hall–Kier alpha value is -2.69. The highest BCUT2D eigenvalue weighted by molar-refractivity contribution is 7.60. The van der Waals surface area contributed by atoms with Crippen LogP contribution in [0.3, 0.4) is 0 Å². The lowest BCUT2D eigenvalue weighted by molar-refractivity contribution is -0.155. The minimum Gasteiger partial charge on any atom is -0.464 e. The fourth-order valence-electron chi connectivity index (χ4n) is 9.58. The van der Waals surface area contributed by atoms with Gasteiger partial charge in [0.05, 0.1) is 53.4 Å². The van der Waals surface area contributed by atoms with Crippen LogP contribution in [-0.2, 0) is 43.2 Å². The molecule has 2 N–H and O–H groups in total. The number of amides is 2. The predicted octanol–water partition coefficient (Wildman–Crippen LogP) is 6.66. The van der Waals surface area contributed by atoms with Crippen LogP contribution in [0.1, 0.15) is 82.2 Å². The number of alkyl halides is 1. The molecule has 2 aliphatic carbocycles. The van der Waals surface area contributed by atoms with Gasteiger partial charge in [-0.05, 0) is 82.1 Å². The predicted molar refractivity (Wildman–Crippen MR) is 286 cm³/mol. The van der Waals surface area contributed by atoms with Crippen molar-refractivity contribution in [2.45, 2.75) is 103 Å². The molecule has 2 saturated carbocycles. The van der Waals surface area contributed by atoms with Gasteiger partial charge >= 0.3 is 5.97 Å². The highest BCUT2D eigenvalue weighted by Crippen LogP contribution is 2.44. The molecular weight excluding hydrogens is 956 g/mol. The number of nitrogens with one attached hydrogen (secondary N) is 2. The van der Waals surface area contributed by atoms with Crippen LogP contribution in [0, 0.1) is 17.3 Å². The Bertz CT molecular complexity index is 2320. The van der Waals surface area contributed by atoms with Crippen molar-refractivity contribution in [1.82, 2.24) is 35.2 Å². The van der Waals surface area contributed by atoms with Gasteiger partial charge in [0.25, 0.3) is 5.91 Å². The molecule has 1 aromatic carbocycles. The third-order valence-corrected chi connectivity index (χ3v) is 14.3. The normalized spacial score (nSPS) is 23.4. The highest BCUT2D eigenvalue weighted by atomic mass is 32.1. The van der Waals surface area contributed by atoms with Gasteiger partial charge in [0.15, 0.2) is 0 Å². The lowest BCUT2D eigenvalue weighted by Gasteiger charge is -2.36. The van der Waals surface area contributed by atoms with Crippen molar-refractivity contribution in [3.8, 4) is 22.5 Å². The Morgan fingerprint density at radius 3 is 2.47 bits per heavy atom. The standard InChI is InChI=1S/C46H59FN8O5S.5H2S/c1-6-54-39-12-9-28-18-33(39)35(42(54)34-20-31(24-48-41(34)27(2)59-5)53-16-14-52(15-17-53)30-10-11-30)22-46(3,4)26-60-45(58)36-8-7-13-55(51-36)44(57)37(21-40-49-38(28)25-61-40)50-43(56)32-19-29(32)23-47;;;;;/h9,12,18,20,24-25,27,29-30,32,36-37,51H,6-8,10-11,13-17,19,21-23,26H2,1-5H3,(H,50,56);5*1H2/t27-,29+,32-,36-,37-;;;;;/m0...../s1. The molecular formula is C46H69FN8O5S6. The molecule has 13 nitrogen and oxygen atoms in total. The summed E-state index contributed by atoms with van der Waals surface area (Å²) in [6, 6.07) is 7.87. The molecule has 366 valence electrons. The van der Waals surface area contributed by atoms with Gasteiger partial charge in [-0.15, -0.1) is 11.3 Å². The van der Waals surface area contributed by atoms with Crippen LogP contribution in [0.25, 0.3) is 33.4 Å². The summed E-state index contributed by atoms with van der Waals surface area (Å²) in [5.74, 6) is -1.88. The first-order chi connectivity index (χ1) is 29.4. The Morgan fingerprint density at radius 2 is 1.80 bits per heavy atom. The van der Waals surface area contributed by atoms with E-state index in [2.05, 4.69) is 70.1 Å². The van der Waals surface area contributed by atoms with Crippen LogP contribution >= 0.6 is 78.8 Å². The molecule has 2 amide bonds. The highest BCUT2D eigenvalue weighted by Gasteiger charge is 2.45. The number of cyclic esters (lactones) is 1. The quantitative estimate of drug-likeness (QED) is 0.176. The molecule has 4 fully saturated rings. The van der Waals surface area contributed by atoms with Gasteiger partial charge in [-0.3, -0.25) is 33.7 Å². The Kier molecular flexibility index (Phi) is 19.7. The van der Waals surface area contributed by atoms with Crippen LogP contribution in [0.5, 0.6) is 0 Å². The number of aromatic nitrogens is 3. The molecule has 3 aromatic heterocycles. The van der Waals surface area contributed by atoms with Gasteiger partial charge in [0.2, 0.25) is 5.91 Å². The molecule has 20 heteroatoms. The van der Waals surface area contributed by atoms with E-state index in [1.54, 1.807) is 7.11 Å². The molecule has 0 unspecified atom stereocenters. The average molecular weight is 1030 g/mol. The van der Waals surface area contributed by atoms with Crippen molar-refractivity contribution in [2.24, 2.45) is 17.3 Å². The average Bonchev–Trinajstić information content (AvgIpc) is 4.21. The number of carbonyl (C=O) groups is 3. The summed E-state index contributed by atoms with van der Waals surface area (Å²) < 4.78 is 27.9. The largest absolute Gasteiger partial charge is 0.464 e. The van der Waals surface area contributed by atoms with Crippen molar-refractivity contribution < 1.29 is 28.2 Å². The molecule has 5 atom stereocenters. The number of ether oxygens (including phenoxy) is 2. The van der Waals surface area contributed by atoms with E-state index in [1.807, 2.05) is 18.5 Å². The minimum absolute atomic E-state index is 0. The van der Waals surface area contributed by atoms with Crippen LogP contribution in [-0.4, -0.2) is 113 Å². The Labute approximate surface area is 427 Å². The molecule has 4 aromatic rings. The molecule has 66 heavy (non-hydrogen) atoms. The fourth-order valence-corrected chi connectivity index (χ4v) is 10.4. The Balaban J connectivity index is 0.00000190. The second-order valence-corrected chi connectivity index (χ2v) is 19.4. The van der Waals surface area contributed by atoms with Gasteiger partial charge in [-0.1, -0.05) is 19.9 Å². The molecule has 6 heterocycles. The minimum atomic E-state index is -0.946. The number of hydrogen-bond donors (Lipinski definition) is 2. The van der Waals surface area contributed by atoms with E-state index in [-0.39, 0.29) is 104 Å². The van der Waals surface area contributed by atoms with E-state index in [0.717, 1.165) is 82.6 Å². The second-order valence-electron chi connectivity index (χ2n) is 18.5. The molecule has 3 aliphatic heterocycles. The van der Waals surface area contributed by atoms with Gasteiger partial charge in [-0.25, -0.2) is 10.4 Å². The first-order valence-corrected chi connectivity index (χ1v) is 23.1. The number of carbonyl (C=O) groups excluding carboxylic acids is 3. The number of hydrazine groups is 1. The first-order valence-electron chi connectivity index (χ1n) is 22.2. The second kappa shape index (κ2) is 23.3. The zero-order chi connectivity index (χ0) is 42.6. The number of aryl methyl sites for hydroxylation is 1. The van der Waals surface area contributed by atoms with E-state index in [4.69, 9.17) is 19.4 Å². The number of fused-ring (bicyclic) bond motifs is 6. The number of methoxy groups -OCH3 is 1. The van der Waals surface area contributed by atoms with Gasteiger partial charge in [0.1, 0.15) is 12.1 Å². The van der Waals surface area contributed by atoms with E-state index >= 15 is 0 Å². The number of thiazole rings is 1. The number of rotatable bonds is 9. The molecule has 6 bridgehead atoms. The van der Waals surface area contributed by atoms with Gasteiger partial charge in [-0.2, -0.15) is 67.5 Å². The molecule has 2 saturated heterocycles. The number of anilines is 1. The van der Waals surface area contributed by atoms with Gasteiger partial charge in [0, 0.05) is 97.6 Å². The molecule has 0 radical (unpaired) electrons. The monoisotopic (exact) mass is 1020 g/mol. The SMILES string of the molecule is CCn1c(-c2cc(N3CCN(C4CC4)CC3)cnc2[C@H](C)OC)c2c3cc(ccc31)-c1csc(n1)C[C@H](NC(=O)[C@H]1C[C@@H]1CF)C(=O)N1CCC[C@H](N1)C(=O)OCC(C)(C)C2.S.S.S.S.S. The third-order valence-electron chi connectivity index (χ3n) is 13.4. The maximum Gasteiger partial charge on any atom is 0.324 e. The zero-order valence-corrected chi connectivity index (χ0v) is 44.4. The fraction of sp³-hybridized carbons (Fsp3) is 0.587. The van der Waals surface area contributed by atoms with Gasteiger partial charge < -0.3 is 24.3 Å². The maximum absolute atomic E-state index is 14.1. The van der Waals surface area contributed by atoms with E-state index < -0.39 is 36.1 Å². The first kappa shape index (κ1) is 55.9. The van der Waals surface area contributed by atoms with Crippen molar-refractivity contribution in [2.75, 3.05) is 58.0 Å². The number of esters is 1. The van der Waals surface area contributed by atoms with E-state index in [9.17, 15) is 18.8 Å². The van der Waals surface area contributed by atoms with Crippen molar-refractivity contribution >= 4 is 113 Å². The summed E-state index contributed by atoms with van der Waals surface area (Å²) in [6.45, 7) is 13.2. The van der Waals surface area contributed by atoms with E-state index in [1.165, 1.54) is 29.2 Å². The summed E-state index contributed by atoms with van der Waals surface area (Å²) in [6.07, 6.45) is 6.68. The number of piperazine rings is 1. The topological polar surface area (TPSA) is 134 Å². The van der Waals surface area contributed by atoms with Crippen molar-refractivity contribution in [1.29, 1.82) is 0 Å². The number of pyridine rings is 1. The lowest BCUT2D eigenvalue weighted by Crippen LogP contribution is -2.60. The molecule has 5 aliphatic rings. The lowest BCUT2D eigenvalue weighted by atomic mass is 9.84. The zero-order valence-electron chi connectivity index (χ0n) is 38.5. The van der Waals surface area contributed by atoms with Crippen LogP contribution in [0.15, 0.2) is 35.8 Å². The summed E-state index contributed by atoms with van der Waals surface area (Å²) in [5, 5.41) is 8.15. The van der Waals surface area contributed by atoms with Crippen molar-refractivity contribution in [3.63, 3.8) is 0 Å². The summed E-state index contributed by atoms with van der Waals surface area (Å²) in [5.41, 5.74) is 10.7. The number of hydrogen-bond acceptors (Lipinski definition) is 11. The molecule has 9 rings (SSSR count). The van der Waals surface area contributed by atoms with E-state index in [0.29, 0.717) is 43.8 Å². The van der Waals surface area contributed by atoms with Crippen LogP contribution in [0.2, 0.25) is 0 Å². The smallest absolute Gasteiger partial charge is 0.324 e. The third kappa shape index (κ3) is 11.7. The summed E-state index contributed by atoms with van der Waals surface area (Å²) >= 11 is 1.44. The maximum atomic E-state index is 14.1.